The fourth-order valence-corrected chi connectivity index (χ4v) is 3.49. The van der Waals surface area contributed by atoms with Gasteiger partial charge in [-0.3, -0.25) is 19.0 Å². The molecule has 0 saturated heterocycles. The largest absolute Gasteiger partial charge is 0.481 e. The molecule has 0 saturated carbocycles. The Labute approximate surface area is 166 Å². The zero-order valence-corrected chi connectivity index (χ0v) is 15.8. The molecule has 1 aliphatic heterocycles. The van der Waals surface area contributed by atoms with E-state index in [4.69, 9.17) is 10.1 Å². The van der Waals surface area contributed by atoms with Gasteiger partial charge in [0.2, 0.25) is 5.91 Å². The number of carbonyl (C=O) groups is 2. The summed E-state index contributed by atoms with van der Waals surface area (Å²) in [6.07, 6.45) is 2.15. The van der Waals surface area contributed by atoms with Gasteiger partial charge in [-0.1, -0.05) is 30.3 Å². The molecule has 0 spiro atoms. The van der Waals surface area contributed by atoms with Crippen LogP contribution < -0.4 is 10.5 Å². The number of carbonyl (C=O) groups excluding carboxylic acids is 1. The van der Waals surface area contributed by atoms with E-state index in [0.717, 1.165) is 17.6 Å². The van der Waals surface area contributed by atoms with Crippen LogP contribution in [0.1, 0.15) is 24.2 Å². The predicted octanol–water partition coefficient (Wildman–Crippen LogP) is 2.78. The maximum absolute atomic E-state index is 12.9. The second-order valence-corrected chi connectivity index (χ2v) is 6.95. The van der Waals surface area contributed by atoms with Crippen molar-refractivity contribution in [3.63, 3.8) is 0 Å². The van der Waals surface area contributed by atoms with Gasteiger partial charge in [0.1, 0.15) is 12.2 Å². The van der Waals surface area contributed by atoms with Crippen LogP contribution in [0.3, 0.4) is 0 Å². The molecule has 0 aliphatic carbocycles. The number of allylic oxidation sites excluding steroid dienone is 1. The normalized spacial score (nSPS) is 14.2. The fraction of sp³-hybridized carbons (Fsp3) is 0.182. The molecular weight excluding hydrogens is 370 g/mol. The van der Waals surface area contributed by atoms with Crippen LogP contribution in [0.4, 0.5) is 5.69 Å². The van der Waals surface area contributed by atoms with Crippen molar-refractivity contribution < 1.29 is 14.7 Å². The number of hydrogen-bond donors (Lipinski definition) is 1. The third kappa shape index (κ3) is 3.54. The zero-order valence-electron chi connectivity index (χ0n) is 15.8. The summed E-state index contributed by atoms with van der Waals surface area (Å²) < 4.78 is 1.68. The minimum Gasteiger partial charge on any atom is -0.481 e. The van der Waals surface area contributed by atoms with Gasteiger partial charge in [0.05, 0.1) is 10.9 Å². The number of fused-ring (bicyclic) bond motifs is 2. The number of amides is 1. The van der Waals surface area contributed by atoms with Gasteiger partial charge < -0.3 is 10.0 Å². The summed E-state index contributed by atoms with van der Waals surface area (Å²) in [5.74, 6) is -1.10. The standard InChI is InChI=1S/C22H19N3O4/c1-24(19(26)13-20(27)28)16-7-8-17-18(12-16)23-21-15(9-10-25(21)22(17)29)11-14-5-3-2-4-6-14/h2-8,11-12H,9-10,13H2,1H3,(H,27,28). The highest BCUT2D eigenvalue weighted by atomic mass is 16.4. The van der Waals surface area contributed by atoms with Gasteiger partial charge in [0, 0.05) is 19.3 Å². The van der Waals surface area contributed by atoms with Crippen molar-refractivity contribution in [1.82, 2.24) is 9.55 Å². The Morgan fingerprint density at radius 2 is 1.97 bits per heavy atom. The minimum absolute atomic E-state index is 0.118. The average molecular weight is 389 g/mol. The highest BCUT2D eigenvalue weighted by Gasteiger charge is 2.22. The number of carboxylic acids is 1. The van der Waals surface area contributed by atoms with Gasteiger partial charge in [0.25, 0.3) is 5.56 Å². The Morgan fingerprint density at radius 1 is 1.21 bits per heavy atom. The molecule has 1 N–H and O–H groups in total. The number of carboxylic acid groups (broad SMARTS) is 1. The Bertz CT molecular complexity index is 1210. The van der Waals surface area contributed by atoms with Crippen LogP contribution in [0.15, 0.2) is 53.3 Å². The molecule has 7 nitrogen and oxygen atoms in total. The summed E-state index contributed by atoms with van der Waals surface area (Å²) in [6, 6.07) is 14.8. The van der Waals surface area contributed by atoms with E-state index in [1.54, 1.807) is 22.8 Å². The molecule has 2 aromatic carbocycles. The predicted molar refractivity (Wildman–Crippen MR) is 111 cm³/mol. The topological polar surface area (TPSA) is 92.5 Å². The van der Waals surface area contributed by atoms with E-state index in [-0.39, 0.29) is 5.56 Å². The molecule has 29 heavy (non-hydrogen) atoms. The minimum atomic E-state index is -1.19. The molecule has 4 rings (SSSR count). The van der Waals surface area contributed by atoms with E-state index < -0.39 is 18.3 Å². The van der Waals surface area contributed by atoms with Gasteiger partial charge in [-0.25, -0.2) is 4.98 Å². The maximum atomic E-state index is 12.9. The Hall–Kier alpha value is -3.74. The number of rotatable bonds is 4. The van der Waals surface area contributed by atoms with Crippen molar-refractivity contribution in [3.8, 4) is 0 Å². The van der Waals surface area contributed by atoms with E-state index in [9.17, 15) is 14.4 Å². The lowest BCUT2D eigenvalue weighted by atomic mass is 10.1. The maximum Gasteiger partial charge on any atom is 0.312 e. The molecule has 0 radical (unpaired) electrons. The third-order valence-electron chi connectivity index (χ3n) is 5.04. The highest BCUT2D eigenvalue weighted by molar-refractivity contribution is 6.03. The molecule has 0 atom stereocenters. The zero-order chi connectivity index (χ0) is 20.5. The van der Waals surface area contributed by atoms with Crippen LogP contribution in [0.5, 0.6) is 0 Å². The summed E-state index contributed by atoms with van der Waals surface area (Å²) in [5, 5.41) is 9.30. The lowest BCUT2D eigenvalue weighted by Crippen LogP contribution is -2.28. The average Bonchev–Trinajstić information content (AvgIpc) is 3.10. The number of nitrogens with zero attached hydrogens (tertiary/aromatic N) is 3. The monoisotopic (exact) mass is 389 g/mol. The van der Waals surface area contributed by atoms with Crippen LogP contribution in [0.25, 0.3) is 22.6 Å². The molecule has 7 heteroatoms. The van der Waals surface area contributed by atoms with Gasteiger partial charge in [0.15, 0.2) is 0 Å². The first-order chi connectivity index (χ1) is 13.9. The molecule has 0 fully saturated rings. The molecule has 146 valence electrons. The summed E-state index contributed by atoms with van der Waals surface area (Å²) in [4.78, 5) is 41.7. The van der Waals surface area contributed by atoms with E-state index in [0.29, 0.717) is 29.0 Å². The SMILES string of the molecule is CN(C(=O)CC(=O)O)c1ccc2c(=O)n3c(nc2c1)C(=Cc1ccccc1)CC3. The Kier molecular flexibility index (Phi) is 4.72. The smallest absolute Gasteiger partial charge is 0.312 e. The number of aromatic nitrogens is 2. The van der Waals surface area contributed by atoms with Crippen molar-refractivity contribution in [2.45, 2.75) is 19.4 Å². The highest BCUT2D eigenvalue weighted by Crippen LogP contribution is 2.28. The number of benzene rings is 2. The Balaban J connectivity index is 1.78. The molecule has 3 aromatic rings. The summed E-state index contributed by atoms with van der Waals surface area (Å²) in [7, 11) is 1.51. The summed E-state index contributed by atoms with van der Waals surface area (Å²) in [6.45, 7) is 0.578. The molecule has 0 unspecified atom stereocenters. The molecular formula is C22H19N3O4. The number of anilines is 1. The number of aliphatic carboxylic acids is 1. The molecule has 0 bridgehead atoms. The van der Waals surface area contributed by atoms with Crippen LogP contribution >= 0.6 is 0 Å². The lowest BCUT2D eigenvalue weighted by Gasteiger charge is -2.17. The first kappa shape index (κ1) is 18.6. The first-order valence-corrected chi connectivity index (χ1v) is 9.23. The van der Waals surface area contributed by atoms with Crippen LogP contribution in [0, 0.1) is 0 Å². The van der Waals surface area contributed by atoms with Gasteiger partial charge >= 0.3 is 5.97 Å². The van der Waals surface area contributed by atoms with Crippen LogP contribution in [0.2, 0.25) is 0 Å². The van der Waals surface area contributed by atoms with E-state index in [1.807, 2.05) is 36.4 Å². The van der Waals surface area contributed by atoms with Crippen LogP contribution in [-0.2, 0) is 16.1 Å². The van der Waals surface area contributed by atoms with Gasteiger partial charge in [-0.2, -0.15) is 0 Å². The van der Waals surface area contributed by atoms with E-state index in [1.165, 1.54) is 11.9 Å². The second kappa shape index (κ2) is 7.35. The molecule has 2 heterocycles. The van der Waals surface area contributed by atoms with Crippen LogP contribution in [-0.4, -0.2) is 33.6 Å². The van der Waals surface area contributed by atoms with Crippen molar-refractivity contribution in [2.75, 3.05) is 11.9 Å². The van der Waals surface area contributed by atoms with Crippen molar-refractivity contribution in [2.24, 2.45) is 0 Å². The van der Waals surface area contributed by atoms with Crippen molar-refractivity contribution in [1.29, 1.82) is 0 Å². The summed E-state index contributed by atoms with van der Waals surface area (Å²) in [5.41, 5.74) is 2.88. The van der Waals surface area contributed by atoms with E-state index in [2.05, 4.69) is 0 Å². The summed E-state index contributed by atoms with van der Waals surface area (Å²) >= 11 is 0. The van der Waals surface area contributed by atoms with Gasteiger partial charge in [-0.05, 0) is 41.8 Å². The van der Waals surface area contributed by atoms with Crippen molar-refractivity contribution in [3.05, 3.63) is 70.3 Å². The lowest BCUT2D eigenvalue weighted by molar-refractivity contribution is -0.140. The van der Waals surface area contributed by atoms with Gasteiger partial charge in [-0.15, -0.1) is 0 Å². The Morgan fingerprint density at radius 3 is 2.69 bits per heavy atom. The molecule has 1 aromatic heterocycles. The fourth-order valence-electron chi connectivity index (χ4n) is 3.49. The quantitative estimate of drug-likeness (QED) is 0.693. The molecule has 1 aliphatic rings. The number of hydrogen-bond acceptors (Lipinski definition) is 4. The second-order valence-electron chi connectivity index (χ2n) is 6.95. The third-order valence-corrected chi connectivity index (χ3v) is 5.04. The molecule has 1 amide bonds. The van der Waals surface area contributed by atoms with Crippen molar-refractivity contribution >= 4 is 40.1 Å². The first-order valence-electron chi connectivity index (χ1n) is 9.23. The van der Waals surface area contributed by atoms with E-state index >= 15 is 0 Å².